The third-order valence-corrected chi connectivity index (χ3v) is 6.42. The molecule has 1 aliphatic rings. The number of carbonyl (C=O) groups excluding carboxylic acids is 2. The van der Waals surface area contributed by atoms with Crippen LogP contribution in [0.4, 0.5) is 4.79 Å². The van der Waals surface area contributed by atoms with E-state index in [-0.39, 0.29) is 25.0 Å². The number of nitrogens with one attached hydrogen (secondary N) is 1. The summed E-state index contributed by atoms with van der Waals surface area (Å²) in [5.41, 5.74) is 4.74. The number of aldehydes is 1. The Hall–Kier alpha value is -3.05. The van der Waals surface area contributed by atoms with E-state index in [2.05, 4.69) is 29.6 Å². The van der Waals surface area contributed by atoms with Crippen molar-refractivity contribution < 1.29 is 14.3 Å². The smallest absolute Gasteiger partial charge is 0.407 e. The van der Waals surface area contributed by atoms with Gasteiger partial charge in [-0.2, -0.15) is 0 Å². The van der Waals surface area contributed by atoms with Gasteiger partial charge in [0, 0.05) is 29.0 Å². The number of alkyl carbamates (subject to hydrolysis) is 1. The van der Waals surface area contributed by atoms with Crippen LogP contribution >= 0.6 is 11.8 Å². The van der Waals surface area contributed by atoms with E-state index < -0.39 is 6.09 Å². The minimum absolute atomic E-state index is 0.0198. The van der Waals surface area contributed by atoms with E-state index in [9.17, 15) is 9.59 Å². The summed E-state index contributed by atoms with van der Waals surface area (Å²) in [6.07, 6.45) is 0.599. The van der Waals surface area contributed by atoms with Gasteiger partial charge in [0.05, 0.1) is 0 Å². The summed E-state index contributed by atoms with van der Waals surface area (Å²) in [4.78, 5) is 24.6. The second-order valence-corrected chi connectivity index (χ2v) is 8.29. The maximum Gasteiger partial charge on any atom is 0.407 e. The van der Waals surface area contributed by atoms with Crippen LogP contribution in [-0.4, -0.2) is 30.8 Å². The van der Waals surface area contributed by atoms with E-state index in [0.717, 1.165) is 11.2 Å². The van der Waals surface area contributed by atoms with Gasteiger partial charge in [0.15, 0.2) is 0 Å². The quantitative estimate of drug-likeness (QED) is 0.400. The number of ether oxygens (including phenoxy) is 1. The van der Waals surface area contributed by atoms with Crippen LogP contribution in [0.2, 0.25) is 0 Å². The summed E-state index contributed by atoms with van der Waals surface area (Å²) in [5.74, 6) is 0.624. The summed E-state index contributed by atoms with van der Waals surface area (Å²) in [6.45, 7) is 0.263. The van der Waals surface area contributed by atoms with Crippen molar-refractivity contribution in [1.29, 1.82) is 0 Å². The Kier molecular flexibility index (Phi) is 6.50. The van der Waals surface area contributed by atoms with Gasteiger partial charge < -0.3 is 14.8 Å². The van der Waals surface area contributed by atoms with Gasteiger partial charge in [-0.3, -0.25) is 0 Å². The average Bonchev–Trinajstić information content (AvgIpc) is 3.11. The molecular weight excluding hydrogens is 394 g/mol. The van der Waals surface area contributed by atoms with Crippen molar-refractivity contribution in [2.75, 3.05) is 12.4 Å². The van der Waals surface area contributed by atoms with Crippen LogP contribution in [-0.2, 0) is 9.53 Å². The normalized spacial score (nSPS) is 13.2. The van der Waals surface area contributed by atoms with E-state index in [4.69, 9.17) is 4.74 Å². The van der Waals surface area contributed by atoms with Crippen molar-refractivity contribution in [2.45, 2.75) is 23.3 Å². The van der Waals surface area contributed by atoms with Gasteiger partial charge in [0.25, 0.3) is 0 Å². The number of carbonyl (C=O) groups is 2. The second kappa shape index (κ2) is 9.63. The third-order valence-electron chi connectivity index (χ3n) is 5.24. The predicted octanol–water partition coefficient (Wildman–Crippen LogP) is 5.28. The zero-order valence-electron chi connectivity index (χ0n) is 16.5. The zero-order valence-corrected chi connectivity index (χ0v) is 17.3. The molecule has 1 N–H and O–H groups in total. The van der Waals surface area contributed by atoms with E-state index in [1.807, 2.05) is 54.6 Å². The van der Waals surface area contributed by atoms with Crippen LogP contribution in [0, 0.1) is 0 Å². The van der Waals surface area contributed by atoms with Crippen LogP contribution in [0.15, 0.2) is 83.8 Å². The Morgan fingerprint density at radius 1 is 0.933 bits per heavy atom. The Morgan fingerprint density at radius 2 is 1.53 bits per heavy atom. The van der Waals surface area contributed by atoms with Crippen LogP contribution in [0.5, 0.6) is 0 Å². The van der Waals surface area contributed by atoms with Gasteiger partial charge >= 0.3 is 6.09 Å². The molecule has 4 nitrogen and oxygen atoms in total. The maximum atomic E-state index is 12.5. The highest BCUT2D eigenvalue weighted by Crippen LogP contribution is 2.44. The first-order valence-electron chi connectivity index (χ1n) is 9.99. The van der Waals surface area contributed by atoms with Crippen molar-refractivity contribution in [3.63, 3.8) is 0 Å². The molecule has 0 saturated carbocycles. The monoisotopic (exact) mass is 417 g/mol. The number of rotatable bonds is 8. The van der Waals surface area contributed by atoms with Crippen LogP contribution in [0.25, 0.3) is 11.1 Å². The van der Waals surface area contributed by atoms with Gasteiger partial charge in [-0.25, -0.2) is 4.79 Å². The van der Waals surface area contributed by atoms with E-state index in [1.54, 1.807) is 11.8 Å². The lowest BCUT2D eigenvalue weighted by atomic mass is 9.98. The average molecular weight is 418 g/mol. The van der Waals surface area contributed by atoms with Crippen molar-refractivity contribution in [3.05, 3.63) is 90.0 Å². The van der Waals surface area contributed by atoms with Crippen LogP contribution in [0.3, 0.4) is 0 Å². The highest BCUT2D eigenvalue weighted by Gasteiger charge is 2.29. The summed E-state index contributed by atoms with van der Waals surface area (Å²) in [6, 6.07) is 26.1. The number of hydrogen-bond donors (Lipinski definition) is 1. The Labute approximate surface area is 180 Å². The van der Waals surface area contributed by atoms with Crippen LogP contribution in [0.1, 0.15) is 23.5 Å². The first-order valence-corrected chi connectivity index (χ1v) is 11.0. The van der Waals surface area contributed by atoms with Crippen molar-refractivity contribution in [2.24, 2.45) is 0 Å². The van der Waals surface area contributed by atoms with Gasteiger partial charge in [-0.1, -0.05) is 66.7 Å². The Bertz CT molecular complexity index is 976. The first-order chi connectivity index (χ1) is 14.8. The molecule has 3 aromatic rings. The minimum atomic E-state index is -0.489. The largest absolute Gasteiger partial charge is 0.449 e. The molecule has 1 amide bonds. The highest BCUT2D eigenvalue weighted by molar-refractivity contribution is 7.99. The molecule has 1 atom stereocenters. The molecule has 0 heterocycles. The van der Waals surface area contributed by atoms with Crippen molar-refractivity contribution in [1.82, 2.24) is 5.32 Å². The number of hydrogen-bond acceptors (Lipinski definition) is 4. The second-order valence-electron chi connectivity index (χ2n) is 7.19. The van der Waals surface area contributed by atoms with Gasteiger partial charge in [-0.05, 0) is 34.4 Å². The minimum Gasteiger partial charge on any atom is -0.449 e. The molecule has 1 unspecified atom stereocenters. The van der Waals surface area contributed by atoms with Crippen molar-refractivity contribution >= 4 is 24.1 Å². The predicted molar refractivity (Wildman–Crippen MR) is 120 cm³/mol. The summed E-state index contributed by atoms with van der Waals surface area (Å²) >= 11 is 1.61. The van der Waals surface area contributed by atoms with Gasteiger partial charge in [0.1, 0.15) is 12.9 Å². The third kappa shape index (κ3) is 4.57. The van der Waals surface area contributed by atoms with E-state index in [1.165, 1.54) is 22.3 Å². The van der Waals surface area contributed by atoms with Gasteiger partial charge in [-0.15, -0.1) is 11.8 Å². The fraction of sp³-hybridized carbons (Fsp3) is 0.200. The zero-order chi connectivity index (χ0) is 20.8. The molecule has 0 aliphatic heterocycles. The molecule has 0 bridgehead atoms. The molecular formula is C25H23NO3S. The number of thioether (sulfide) groups is 1. The summed E-state index contributed by atoms with van der Waals surface area (Å²) in [7, 11) is 0. The molecule has 30 heavy (non-hydrogen) atoms. The molecule has 152 valence electrons. The van der Waals surface area contributed by atoms with E-state index in [0.29, 0.717) is 5.75 Å². The standard InChI is InChI=1S/C25H23NO3S/c27-15-14-18(17-30-19-8-2-1-3-9-19)26-25(28)29-16-24-22-12-6-4-10-20(22)21-11-5-7-13-23(21)24/h1-13,15,18,24H,14,16-17H2,(H,26,28). The molecule has 0 aromatic heterocycles. The summed E-state index contributed by atoms with van der Waals surface area (Å²) < 4.78 is 5.59. The molecule has 5 heteroatoms. The Balaban J connectivity index is 1.37. The molecule has 0 saturated heterocycles. The molecule has 1 aliphatic carbocycles. The van der Waals surface area contributed by atoms with Gasteiger partial charge in [0.2, 0.25) is 0 Å². The topological polar surface area (TPSA) is 55.4 Å². The maximum absolute atomic E-state index is 12.5. The number of fused-ring (bicyclic) bond motifs is 3. The number of benzene rings is 3. The highest BCUT2D eigenvalue weighted by atomic mass is 32.2. The molecule has 0 fully saturated rings. The lowest BCUT2D eigenvalue weighted by molar-refractivity contribution is -0.108. The summed E-state index contributed by atoms with van der Waals surface area (Å²) in [5, 5.41) is 2.85. The Morgan fingerprint density at radius 3 is 2.17 bits per heavy atom. The lowest BCUT2D eigenvalue weighted by Gasteiger charge is -2.18. The SMILES string of the molecule is O=CCC(CSc1ccccc1)NC(=O)OCC1c2ccccc2-c2ccccc21. The van der Waals surface area contributed by atoms with E-state index >= 15 is 0 Å². The number of amides is 1. The lowest BCUT2D eigenvalue weighted by Crippen LogP contribution is -2.37. The van der Waals surface area contributed by atoms with Crippen LogP contribution < -0.4 is 5.32 Å². The molecule has 0 radical (unpaired) electrons. The fourth-order valence-electron chi connectivity index (χ4n) is 3.81. The van der Waals surface area contributed by atoms with Crippen molar-refractivity contribution in [3.8, 4) is 11.1 Å². The first kappa shape index (κ1) is 20.2. The molecule has 4 rings (SSSR count). The fourth-order valence-corrected chi connectivity index (χ4v) is 4.77. The molecule has 0 spiro atoms. The molecule has 3 aromatic carbocycles.